The predicted molar refractivity (Wildman–Crippen MR) is 81.7 cm³/mol. The van der Waals surface area contributed by atoms with Gasteiger partial charge in [0.1, 0.15) is 11.8 Å². The minimum absolute atomic E-state index is 0.0542. The molecule has 1 heterocycles. The second-order valence-electron chi connectivity index (χ2n) is 4.94. The second kappa shape index (κ2) is 7.30. The molecule has 0 saturated carbocycles. The number of aromatic nitrogens is 2. The monoisotopic (exact) mass is 393 g/mol. The Morgan fingerprint density at radius 3 is 2.69 bits per heavy atom. The summed E-state index contributed by atoms with van der Waals surface area (Å²) in [4.78, 5) is 22.1. The van der Waals surface area contributed by atoms with Gasteiger partial charge in [-0.15, -0.1) is 0 Å². The van der Waals surface area contributed by atoms with E-state index in [1.165, 1.54) is 6.92 Å². The van der Waals surface area contributed by atoms with Gasteiger partial charge in [-0.2, -0.15) is 18.3 Å². The Kier molecular flexibility index (Phi) is 5.52. The van der Waals surface area contributed by atoms with Crippen molar-refractivity contribution in [2.24, 2.45) is 0 Å². The fraction of sp³-hybridized carbons (Fsp3) is 0.286. The Labute approximate surface area is 148 Å². The lowest BCUT2D eigenvalue weighted by Gasteiger charge is -2.15. The van der Waals surface area contributed by atoms with Gasteiger partial charge in [0, 0.05) is 11.1 Å². The molecule has 0 bridgehead atoms. The van der Waals surface area contributed by atoms with Gasteiger partial charge in [0.25, 0.3) is 5.69 Å². The first-order chi connectivity index (χ1) is 12.1. The van der Waals surface area contributed by atoms with Crippen molar-refractivity contribution in [3.63, 3.8) is 0 Å². The molecule has 140 valence electrons. The van der Waals surface area contributed by atoms with E-state index < -0.39 is 51.4 Å². The second-order valence-corrected chi connectivity index (χ2v) is 5.38. The van der Waals surface area contributed by atoms with Crippen LogP contribution in [0, 0.1) is 10.1 Å². The number of halogens is 4. The largest absolute Gasteiger partial charge is 0.461 e. The molecule has 8 nitrogen and oxygen atoms in total. The summed E-state index contributed by atoms with van der Waals surface area (Å²) in [6, 6.07) is 3.02. The fourth-order valence-corrected chi connectivity index (χ4v) is 2.42. The van der Waals surface area contributed by atoms with Gasteiger partial charge in [0.05, 0.1) is 22.7 Å². The lowest BCUT2D eigenvalue weighted by Crippen LogP contribution is -2.16. The van der Waals surface area contributed by atoms with Crippen LogP contribution in [0.1, 0.15) is 40.3 Å². The number of esters is 1. The third-order valence-electron chi connectivity index (χ3n) is 3.31. The number of nitrogens with zero attached hydrogens (tertiary/aromatic N) is 2. The van der Waals surface area contributed by atoms with Gasteiger partial charge >= 0.3 is 12.1 Å². The van der Waals surface area contributed by atoms with Gasteiger partial charge in [-0.3, -0.25) is 15.2 Å². The average Bonchev–Trinajstić information content (AvgIpc) is 2.99. The van der Waals surface area contributed by atoms with Crippen LogP contribution in [-0.2, 0) is 10.9 Å². The number of nitro groups is 1. The maximum atomic E-state index is 13.2. The smallest absolute Gasteiger partial charge is 0.435 e. The van der Waals surface area contributed by atoms with Crippen LogP contribution in [0.25, 0.3) is 0 Å². The Morgan fingerprint density at radius 1 is 1.50 bits per heavy atom. The summed E-state index contributed by atoms with van der Waals surface area (Å²) >= 11 is 5.66. The maximum Gasteiger partial charge on any atom is 0.435 e. The molecule has 26 heavy (non-hydrogen) atoms. The Bertz CT molecular complexity index is 853. The summed E-state index contributed by atoms with van der Waals surface area (Å²) in [5, 5.41) is 26.4. The van der Waals surface area contributed by atoms with Crippen LogP contribution >= 0.6 is 11.6 Å². The van der Waals surface area contributed by atoms with E-state index >= 15 is 0 Å². The highest BCUT2D eigenvalue weighted by Crippen LogP contribution is 2.40. The molecule has 0 spiro atoms. The number of ether oxygens (including phenoxy) is 1. The number of hydrogen-bond acceptors (Lipinski definition) is 6. The van der Waals surface area contributed by atoms with E-state index in [0.717, 1.165) is 18.2 Å². The van der Waals surface area contributed by atoms with Crippen LogP contribution in [0.3, 0.4) is 0 Å². The number of aromatic amines is 1. The number of carbonyl (C=O) groups excluding carboxylic acids is 1. The number of rotatable bonds is 5. The molecule has 1 aromatic heterocycles. The zero-order chi connectivity index (χ0) is 19.6. The third kappa shape index (κ3) is 3.78. The SMILES string of the molecule is CCOC(=O)c1[nH]nc(C(F)(F)F)c1C(O)c1ccc(Cl)cc1[N+](=O)[O-]. The molecule has 0 aliphatic rings. The fourth-order valence-electron chi connectivity index (χ4n) is 2.25. The molecule has 1 atom stereocenters. The van der Waals surface area contributed by atoms with Crippen LogP contribution in [0.15, 0.2) is 18.2 Å². The highest BCUT2D eigenvalue weighted by molar-refractivity contribution is 6.30. The number of aliphatic hydroxyl groups excluding tert-OH is 1. The number of carbonyl (C=O) groups is 1. The van der Waals surface area contributed by atoms with Crippen LogP contribution < -0.4 is 0 Å². The van der Waals surface area contributed by atoms with Gasteiger partial charge in [-0.05, 0) is 19.1 Å². The van der Waals surface area contributed by atoms with E-state index in [0.29, 0.717) is 0 Å². The van der Waals surface area contributed by atoms with E-state index in [1.54, 1.807) is 0 Å². The van der Waals surface area contributed by atoms with Gasteiger partial charge in [0.2, 0.25) is 0 Å². The minimum atomic E-state index is -5.03. The van der Waals surface area contributed by atoms with Crippen LogP contribution in [-0.4, -0.2) is 32.8 Å². The highest BCUT2D eigenvalue weighted by atomic mass is 35.5. The van der Waals surface area contributed by atoms with E-state index in [4.69, 9.17) is 11.6 Å². The molecular formula is C14H11ClF3N3O5. The normalized spacial score (nSPS) is 12.7. The average molecular weight is 394 g/mol. The molecular weight excluding hydrogens is 383 g/mol. The number of nitro benzene ring substituents is 1. The molecule has 0 fully saturated rings. The number of aliphatic hydroxyl groups is 1. The lowest BCUT2D eigenvalue weighted by atomic mass is 9.97. The van der Waals surface area contributed by atoms with Gasteiger partial charge in [-0.1, -0.05) is 11.6 Å². The number of nitrogens with one attached hydrogen (secondary N) is 1. The molecule has 2 N–H and O–H groups in total. The van der Waals surface area contributed by atoms with Crippen molar-refractivity contribution in [1.29, 1.82) is 0 Å². The molecule has 2 aromatic rings. The quantitative estimate of drug-likeness (QED) is 0.457. The summed E-state index contributed by atoms with van der Waals surface area (Å²) in [6.45, 7) is 1.29. The van der Waals surface area contributed by atoms with Crippen molar-refractivity contribution >= 4 is 23.3 Å². The van der Waals surface area contributed by atoms with Crippen LogP contribution in [0.5, 0.6) is 0 Å². The van der Waals surface area contributed by atoms with E-state index in [1.807, 2.05) is 5.10 Å². The number of hydrogen-bond donors (Lipinski definition) is 2. The number of alkyl halides is 3. The summed E-state index contributed by atoms with van der Waals surface area (Å²) in [5.41, 5.74) is -4.51. The summed E-state index contributed by atoms with van der Waals surface area (Å²) in [5.74, 6) is -1.19. The van der Waals surface area contributed by atoms with Gasteiger partial charge < -0.3 is 9.84 Å². The first kappa shape index (κ1) is 19.7. The minimum Gasteiger partial charge on any atom is -0.461 e. The van der Waals surface area contributed by atoms with Gasteiger partial charge in [0.15, 0.2) is 5.69 Å². The molecule has 1 unspecified atom stereocenters. The lowest BCUT2D eigenvalue weighted by molar-refractivity contribution is -0.386. The zero-order valence-electron chi connectivity index (χ0n) is 13.0. The van der Waals surface area contributed by atoms with Crippen molar-refractivity contribution in [1.82, 2.24) is 10.2 Å². The van der Waals surface area contributed by atoms with Crippen molar-refractivity contribution in [3.05, 3.63) is 55.9 Å². The number of benzene rings is 1. The molecule has 0 saturated heterocycles. The maximum absolute atomic E-state index is 13.2. The highest BCUT2D eigenvalue weighted by Gasteiger charge is 2.42. The number of H-pyrrole nitrogens is 1. The first-order valence-corrected chi connectivity index (χ1v) is 7.40. The summed E-state index contributed by atoms with van der Waals surface area (Å²) < 4.78 is 44.3. The standard InChI is InChI=1S/C14H11ClF3N3O5/c1-2-26-13(23)10-9(12(20-19-10)14(16,17)18)11(22)7-4-3-6(15)5-8(7)21(24)25/h3-5,11,22H,2H2,1H3,(H,19,20). The van der Waals surface area contributed by atoms with E-state index in [9.17, 15) is 33.2 Å². The van der Waals surface area contributed by atoms with Crippen molar-refractivity contribution in [2.45, 2.75) is 19.2 Å². The van der Waals surface area contributed by atoms with Crippen molar-refractivity contribution in [3.8, 4) is 0 Å². The zero-order valence-corrected chi connectivity index (χ0v) is 13.8. The molecule has 1 aromatic carbocycles. The third-order valence-corrected chi connectivity index (χ3v) is 3.54. The molecule has 2 rings (SSSR count). The van der Waals surface area contributed by atoms with E-state index in [-0.39, 0.29) is 11.6 Å². The molecule has 0 amide bonds. The topological polar surface area (TPSA) is 118 Å². The Hall–Kier alpha value is -2.66. The van der Waals surface area contributed by atoms with Crippen molar-refractivity contribution < 1.29 is 32.7 Å². The summed E-state index contributed by atoms with van der Waals surface area (Å²) in [6.07, 6.45) is -7.21. The van der Waals surface area contributed by atoms with Crippen LogP contribution in [0.4, 0.5) is 18.9 Å². The van der Waals surface area contributed by atoms with Crippen LogP contribution in [0.2, 0.25) is 5.02 Å². The molecule has 0 radical (unpaired) electrons. The Balaban J connectivity index is 2.68. The molecule has 0 aliphatic heterocycles. The molecule has 0 aliphatic carbocycles. The van der Waals surface area contributed by atoms with E-state index in [2.05, 4.69) is 9.84 Å². The Morgan fingerprint density at radius 2 is 2.15 bits per heavy atom. The predicted octanol–water partition coefficient (Wildman–Crippen LogP) is 3.25. The molecule has 12 heteroatoms. The van der Waals surface area contributed by atoms with Gasteiger partial charge in [-0.25, -0.2) is 4.79 Å². The summed E-state index contributed by atoms with van der Waals surface area (Å²) in [7, 11) is 0. The first-order valence-electron chi connectivity index (χ1n) is 7.02. The van der Waals surface area contributed by atoms with Crippen molar-refractivity contribution in [2.75, 3.05) is 6.61 Å².